The highest BCUT2D eigenvalue weighted by Crippen LogP contribution is 2.33. The van der Waals surface area contributed by atoms with Crippen LogP contribution in [0.4, 0.5) is 11.4 Å². The van der Waals surface area contributed by atoms with Gasteiger partial charge in [0.15, 0.2) is 5.69 Å². The molecule has 0 atom stereocenters. The second kappa shape index (κ2) is 4.96. The number of H-pyrrole nitrogens is 1. The molecule has 0 radical (unpaired) electrons. The molecule has 3 N–H and O–H groups in total. The molecule has 1 heterocycles. The Hall–Kier alpha value is -2.97. The second-order valence-electron chi connectivity index (χ2n) is 4.24. The SMILES string of the molecule is CN(C)c1ccc([N+](=O)[O-])cc1-c1n[nH]nc1C(N)=O. The zero-order valence-electron chi connectivity index (χ0n) is 10.8. The van der Waals surface area contributed by atoms with Gasteiger partial charge in [0.2, 0.25) is 0 Å². The summed E-state index contributed by atoms with van der Waals surface area (Å²) >= 11 is 0. The van der Waals surface area contributed by atoms with Crippen LogP contribution in [0.3, 0.4) is 0 Å². The first kappa shape index (κ1) is 13.5. The lowest BCUT2D eigenvalue weighted by Gasteiger charge is -2.16. The molecule has 0 saturated carbocycles. The number of amides is 1. The molecule has 0 saturated heterocycles. The van der Waals surface area contributed by atoms with Gasteiger partial charge in [-0.05, 0) is 6.07 Å². The van der Waals surface area contributed by atoms with E-state index in [1.165, 1.54) is 12.1 Å². The number of nitrogens with zero attached hydrogens (tertiary/aromatic N) is 4. The molecule has 20 heavy (non-hydrogen) atoms. The number of nitrogens with one attached hydrogen (secondary N) is 1. The van der Waals surface area contributed by atoms with E-state index in [1.54, 1.807) is 25.1 Å². The van der Waals surface area contributed by atoms with Crippen LogP contribution in [0.2, 0.25) is 0 Å². The predicted octanol–water partition coefficient (Wildman–Crippen LogP) is 0.545. The number of hydrogen-bond donors (Lipinski definition) is 2. The summed E-state index contributed by atoms with van der Waals surface area (Å²) in [6.45, 7) is 0. The minimum absolute atomic E-state index is 0.0615. The molecule has 0 fully saturated rings. The number of aromatic nitrogens is 3. The Labute approximate surface area is 113 Å². The van der Waals surface area contributed by atoms with Crippen LogP contribution in [0.15, 0.2) is 18.2 Å². The molecule has 9 nitrogen and oxygen atoms in total. The van der Waals surface area contributed by atoms with Crippen LogP contribution in [0.5, 0.6) is 0 Å². The van der Waals surface area contributed by atoms with Gasteiger partial charge in [0.1, 0.15) is 5.69 Å². The molecule has 2 rings (SSSR count). The normalized spacial score (nSPS) is 10.3. The summed E-state index contributed by atoms with van der Waals surface area (Å²) in [6.07, 6.45) is 0. The molecule has 2 aromatic rings. The zero-order valence-corrected chi connectivity index (χ0v) is 10.8. The van der Waals surface area contributed by atoms with Gasteiger partial charge in [-0.3, -0.25) is 14.9 Å². The fourth-order valence-corrected chi connectivity index (χ4v) is 1.81. The Balaban J connectivity index is 2.69. The Morgan fingerprint density at radius 3 is 2.65 bits per heavy atom. The number of nitro benzene ring substituents is 1. The number of nitro groups is 1. The molecule has 0 bridgehead atoms. The first-order valence-corrected chi connectivity index (χ1v) is 5.58. The van der Waals surface area contributed by atoms with Crippen LogP contribution in [0.25, 0.3) is 11.3 Å². The van der Waals surface area contributed by atoms with Gasteiger partial charge in [0.25, 0.3) is 11.6 Å². The number of anilines is 1. The number of nitrogens with two attached hydrogens (primary N) is 1. The summed E-state index contributed by atoms with van der Waals surface area (Å²) in [4.78, 5) is 23.4. The van der Waals surface area contributed by atoms with E-state index in [0.717, 1.165) is 0 Å². The lowest BCUT2D eigenvalue weighted by Crippen LogP contribution is -2.14. The number of aromatic amines is 1. The Bertz CT molecular complexity index is 679. The van der Waals surface area contributed by atoms with Gasteiger partial charge >= 0.3 is 0 Å². The zero-order chi connectivity index (χ0) is 14.9. The fraction of sp³-hybridized carbons (Fsp3) is 0.182. The number of primary amides is 1. The van der Waals surface area contributed by atoms with Crippen LogP contribution in [0.1, 0.15) is 10.5 Å². The number of hydrogen-bond acceptors (Lipinski definition) is 6. The molecule has 0 spiro atoms. The number of benzene rings is 1. The van der Waals surface area contributed by atoms with E-state index in [2.05, 4.69) is 15.4 Å². The Morgan fingerprint density at radius 2 is 2.10 bits per heavy atom. The molecule has 0 unspecified atom stereocenters. The molecule has 9 heteroatoms. The highest BCUT2D eigenvalue weighted by molar-refractivity contribution is 5.98. The molecule has 104 valence electrons. The number of carbonyl (C=O) groups is 1. The smallest absolute Gasteiger partial charge is 0.271 e. The summed E-state index contributed by atoms with van der Waals surface area (Å²) in [5, 5.41) is 20.7. The Kier molecular flexibility index (Phi) is 3.34. The minimum atomic E-state index is -0.759. The van der Waals surface area contributed by atoms with Crippen molar-refractivity contribution in [3.63, 3.8) is 0 Å². The third-order valence-corrected chi connectivity index (χ3v) is 2.71. The maximum Gasteiger partial charge on any atom is 0.271 e. The van der Waals surface area contributed by atoms with Gasteiger partial charge in [-0.15, -0.1) is 0 Å². The van der Waals surface area contributed by atoms with Crippen molar-refractivity contribution in [2.24, 2.45) is 5.73 Å². The van der Waals surface area contributed by atoms with Crippen molar-refractivity contribution < 1.29 is 9.72 Å². The molecule has 0 aliphatic heterocycles. The van der Waals surface area contributed by atoms with Crippen molar-refractivity contribution in [2.75, 3.05) is 19.0 Å². The third kappa shape index (κ3) is 2.28. The van der Waals surface area contributed by atoms with Crippen LogP contribution >= 0.6 is 0 Å². The quantitative estimate of drug-likeness (QED) is 0.619. The monoisotopic (exact) mass is 276 g/mol. The molecular weight excluding hydrogens is 264 g/mol. The molecule has 0 aliphatic carbocycles. The average Bonchev–Trinajstić information content (AvgIpc) is 2.86. The number of carbonyl (C=O) groups excluding carboxylic acids is 1. The summed E-state index contributed by atoms with van der Waals surface area (Å²) < 4.78 is 0. The highest BCUT2D eigenvalue weighted by Gasteiger charge is 2.21. The van der Waals surface area contributed by atoms with Crippen molar-refractivity contribution in [1.29, 1.82) is 0 Å². The third-order valence-electron chi connectivity index (χ3n) is 2.71. The maximum absolute atomic E-state index is 11.3. The topological polar surface area (TPSA) is 131 Å². The van der Waals surface area contributed by atoms with Crippen LogP contribution in [0, 0.1) is 10.1 Å². The fourth-order valence-electron chi connectivity index (χ4n) is 1.81. The van der Waals surface area contributed by atoms with E-state index in [4.69, 9.17) is 5.73 Å². The van der Waals surface area contributed by atoms with E-state index in [9.17, 15) is 14.9 Å². The maximum atomic E-state index is 11.3. The molecule has 1 aromatic heterocycles. The van der Waals surface area contributed by atoms with Gasteiger partial charge in [0, 0.05) is 37.5 Å². The van der Waals surface area contributed by atoms with Crippen LogP contribution < -0.4 is 10.6 Å². The lowest BCUT2D eigenvalue weighted by molar-refractivity contribution is -0.384. The van der Waals surface area contributed by atoms with E-state index in [0.29, 0.717) is 11.3 Å². The van der Waals surface area contributed by atoms with E-state index < -0.39 is 10.8 Å². The molecule has 1 aromatic carbocycles. The molecule has 1 amide bonds. The van der Waals surface area contributed by atoms with Gasteiger partial charge in [0.05, 0.1) is 4.92 Å². The van der Waals surface area contributed by atoms with Gasteiger partial charge < -0.3 is 10.6 Å². The van der Waals surface area contributed by atoms with Crippen molar-refractivity contribution in [3.8, 4) is 11.3 Å². The first-order chi connectivity index (χ1) is 9.41. The summed E-state index contributed by atoms with van der Waals surface area (Å²) in [5.74, 6) is -0.759. The van der Waals surface area contributed by atoms with E-state index in [-0.39, 0.29) is 17.1 Å². The highest BCUT2D eigenvalue weighted by atomic mass is 16.6. The predicted molar refractivity (Wildman–Crippen MR) is 71.3 cm³/mol. The standard InChI is InChI=1S/C11H12N6O3/c1-16(2)8-4-3-6(17(19)20)5-7(8)9-10(11(12)18)14-15-13-9/h3-5H,1-2H3,(H2,12,18)(H,13,14,15). The van der Waals surface area contributed by atoms with Crippen LogP contribution in [-0.2, 0) is 0 Å². The second-order valence-corrected chi connectivity index (χ2v) is 4.24. The van der Waals surface area contributed by atoms with Crippen LogP contribution in [-0.4, -0.2) is 40.3 Å². The van der Waals surface area contributed by atoms with Crippen molar-refractivity contribution >= 4 is 17.3 Å². The van der Waals surface area contributed by atoms with Crippen molar-refractivity contribution in [2.45, 2.75) is 0 Å². The van der Waals surface area contributed by atoms with Gasteiger partial charge in [-0.2, -0.15) is 15.4 Å². The van der Waals surface area contributed by atoms with Gasteiger partial charge in [-0.1, -0.05) is 0 Å². The first-order valence-electron chi connectivity index (χ1n) is 5.58. The van der Waals surface area contributed by atoms with E-state index >= 15 is 0 Å². The average molecular weight is 276 g/mol. The molecule has 0 aliphatic rings. The van der Waals surface area contributed by atoms with Gasteiger partial charge in [-0.25, -0.2) is 0 Å². The Morgan fingerprint density at radius 1 is 1.40 bits per heavy atom. The minimum Gasteiger partial charge on any atom is -0.377 e. The van der Waals surface area contributed by atoms with Crippen molar-refractivity contribution in [3.05, 3.63) is 34.0 Å². The summed E-state index contributed by atoms with van der Waals surface area (Å²) in [5.41, 5.74) is 6.30. The molecular formula is C11H12N6O3. The lowest BCUT2D eigenvalue weighted by atomic mass is 10.1. The summed E-state index contributed by atoms with van der Waals surface area (Å²) in [7, 11) is 3.55. The summed E-state index contributed by atoms with van der Waals surface area (Å²) in [6, 6.07) is 4.29. The number of non-ortho nitro benzene ring substituents is 1. The van der Waals surface area contributed by atoms with E-state index in [1.807, 2.05) is 0 Å². The number of rotatable bonds is 4. The largest absolute Gasteiger partial charge is 0.377 e. The van der Waals surface area contributed by atoms with Crippen molar-refractivity contribution in [1.82, 2.24) is 15.4 Å².